The summed E-state index contributed by atoms with van der Waals surface area (Å²) in [7, 11) is 0. The van der Waals surface area contributed by atoms with E-state index in [0.717, 1.165) is 29.9 Å². The number of carbonyl (C=O) groups excluding carboxylic acids is 1. The van der Waals surface area contributed by atoms with Crippen LogP contribution in [0.1, 0.15) is 59.3 Å². The molecule has 0 aliphatic carbocycles. The van der Waals surface area contributed by atoms with Crippen LogP contribution in [0.3, 0.4) is 0 Å². The average Bonchev–Trinajstić information content (AvgIpc) is 2.61. The molecule has 0 bridgehead atoms. The van der Waals surface area contributed by atoms with E-state index in [1.54, 1.807) is 12.2 Å². The number of carbonyl (C=O) groups is 1. The van der Waals surface area contributed by atoms with E-state index in [1.165, 1.54) is 19.3 Å². The average molecular weight is 409 g/mol. The minimum atomic E-state index is 0.122. The highest BCUT2D eigenvalue weighted by Gasteiger charge is 2.05. The van der Waals surface area contributed by atoms with Gasteiger partial charge in [0.05, 0.1) is 0 Å². The molecule has 1 unspecified atom stereocenters. The quantitative estimate of drug-likeness (QED) is 0.123. The minimum absolute atomic E-state index is 0.122. The van der Waals surface area contributed by atoms with E-state index >= 15 is 0 Å². The molecule has 0 aromatic rings. The van der Waals surface area contributed by atoms with Gasteiger partial charge in [-0.3, -0.25) is 4.79 Å². The molecule has 150 valence electrons. The van der Waals surface area contributed by atoms with Crippen LogP contribution in [0, 0.1) is 5.92 Å². The first-order valence-electron chi connectivity index (χ1n) is 9.66. The maximum absolute atomic E-state index is 12.2. The Labute approximate surface area is 176 Å². The summed E-state index contributed by atoms with van der Waals surface area (Å²) in [5, 5.41) is 0.469. The summed E-state index contributed by atoms with van der Waals surface area (Å²) >= 11 is 11.7. The molecule has 0 rings (SSSR count). The summed E-state index contributed by atoms with van der Waals surface area (Å²) in [6.07, 6.45) is 17.3. The Morgan fingerprint density at radius 3 is 2.33 bits per heavy atom. The molecule has 0 radical (unpaired) electrons. The number of unbranched alkanes of at least 4 members (excludes halogenated alkanes) is 1. The Morgan fingerprint density at radius 1 is 1.07 bits per heavy atom. The minimum Gasteiger partial charge on any atom is -0.294 e. The van der Waals surface area contributed by atoms with Crippen LogP contribution in [-0.4, -0.2) is 11.7 Å². The Hall–Kier alpha value is -1.31. The number of Topliss-reactive ketones (excluding diaryl/α,β-unsaturated/α-hetero) is 1. The number of ketones is 1. The second-order valence-electron chi connectivity index (χ2n) is 6.93. The highest BCUT2D eigenvalue weighted by Crippen LogP contribution is 2.16. The zero-order valence-corrected chi connectivity index (χ0v) is 18.6. The molecular formula is C24H34Cl2O. The molecule has 0 aromatic carbocycles. The zero-order chi connectivity index (χ0) is 20.7. The Bertz CT molecular complexity index is 606. The van der Waals surface area contributed by atoms with Crippen molar-refractivity contribution in [3.05, 3.63) is 71.4 Å². The first kappa shape index (κ1) is 25.7. The van der Waals surface area contributed by atoms with Gasteiger partial charge in [-0.2, -0.15) is 0 Å². The van der Waals surface area contributed by atoms with Gasteiger partial charge in [0.15, 0.2) is 5.78 Å². The highest BCUT2D eigenvalue weighted by atomic mass is 35.5. The maximum Gasteiger partial charge on any atom is 0.162 e. The lowest BCUT2D eigenvalue weighted by Gasteiger charge is -2.08. The van der Waals surface area contributed by atoms with E-state index in [9.17, 15) is 4.79 Å². The van der Waals surface area contributed by atoms with Crippen molar-refractivity contribution < 1.29 is 4.79 Å². The van der Waals surface area contributed by atoms with Crippen LogP contribution in [0.2, 0.25) is 0 Å². The second-order valence-corrected chi connectivity index (χ2v) is 7.68. The fourth-order valence-corrected chi connectivity index (χ4v) is 3.01. The molecule has 0 fully saturated rings. The molecule has 0 N–H and O–H groups in total. The fourth-order valence-electron chi connectivity index (χ4n) is 2.63. The van der Waals surface area contributed by atoms with Crippen molar-refractivity contribution in [1.29, 1.82) is 0 Å². The molecule has 0 spiro atoms. The van der Waals surface area contributed by atoms with Crippen molar-refractivity contribution in [2.75, 3.05) is 5.88 Å². The van der Waals surface area contributed by atoms with Gasteiger partial charge in [-0.15, -0.1) is 11.6 Å². The third-order valence-corrected chi connectivity index (χ3v) is 4.77. The summed E-state index contributed by atoms with van der Waals surface area (Å²) in [5.41, 5.74) is 2.56. The summed E-state index contributed by atoms with van der Waals surface area (Å²) in [6.45, 7) is 14.0. The van der Waals surface area contributed by atoms with Crippen LogP contribution in [0.4, 0.5) is 0 Å². The zero-order valence-electron chi connectivity index (χ0n) is 17.1. The van der Waals surface area contributed by atoms with E-state index < -0.39 is 0 Å². The standard InChI is InChI=1S/C24H34Cl2O/c1-6-11-19(2)12-7-8-17-24(27)21(4)14-9-13-20(3)23(18-25)16-10-15-22(5)26/h9-10,13-16,19H,4-8,11-12,17-18H2,1-3H3/b14-9-,15-10-,20-13+,23-16+. The summed E-state index contributed by atoms with van der Waals surface area (Å²) < 4.78 is 0. The van der Waals surface area contributed by atoms with E-state index in [0.29, 0.717) is 22.9 Å². The van der Waals surface area contributed by atoms with Crippen LogP contribution in [0.25, 0.3) is 0 Å². The monoisotopic (exact) mass is 408 g/mol. The van der Waals surface area contributed by atoms with Gasteiger partial charge in [0.25, 0.3) is 0 Å². The molecule has 0 heterocycles. The molecule has 3 heteroatoms. The van der Waals surface area contributed by atoms with Gasteiger partial charge in [0.2, 0.25) is 0 Å². The summed E-state index contributed by atoms with van der Waals surface area (Å²) in [6, 6.07) is 0. The van der Waals surface area contributed by atoms with Crippen LogP contribution >= 0.6 is 23.2 Å². The fraction of sp³-hybridized carbons (Fsp3) is 0.458. The van der Waals surface area contributed by atoms with Gasteiger partial charge in [0.1, 0.15) is 0 Å². The predicted octanol–water partition coefficient (Wildman–Crippen LogP) is 8.08. The largest absolute Gasteiger partial charge is 0.294 e. The third kappa shape index (κ3) is 13.5. The van der Waals surface area contributed by atoms with Crippen molar-refractivity contribution in [3.63, 3.8) is 0 Å². The Kier molecular flexibility index (Phi) is 15.0. The first-order valence-corrected chi connectivity index (χ1v) is 10.6. The van der Waals surface area contributed by atoms with Gasteiger partial charge >= 0.3 is 0 Å². The maximum atomic E-state index is 12.2. The van der Waals surface area contributed by atoms with E-state index in [4.69, 9.17) is 23.2 Å². The van der Waals surface area contributed by atoms with Crippen LogP contribution < -0.4 is 0 Å². The van der Waals surface area contributed by atoms with Gasteiger partial charge in [-0.05, 0) is 36.5 Å². The molecule has 0 saturated carbocycles. The van der Waals surface area contributed by atoms with Crippen LogP contribution in [-0.2, 0) is 4.79 Å². The van der Waals surface area contributed by atoms with E-state index in [1.807, 2.05) is 31.2 Å². The molecule has 0 saturated heterocycles. The molecule has 0 aliphatic rings. The SMILES string of the molecule is C=C(Cl)\C=C/C=C(CCl)/C(C)=C/C=C\C(=C)C(=O)CCCCC(C)CCC. The lowest BCUT2D eigenvalue weighted by Crippen LogP contribution is -2.00. The predicted molar refractivity (Wildman–Crippen MR) is 123 cm³/mol. The van der Waals surface area contributed by atoms with Crippen molar-refractivity contribution >= 4 is 29.0 Å². The number of hydrogen-bond acceptors (Lipinski definition) is 1. The number of hydrogen-bond donors (Lipinski definition) is 0. The van der Waals surface area contributed by atoms with E-state index in [-0.39, 0.29) is 5.78 Å². The second kappa shape index (κ2) is 15.7. The molecule has 27 heavy (non-hydrogen) atoms. The van der Waals surface area contributed by atoms with E-state index in [2.05, 4.69) is 27.0 Å². The number of alkyl halides is 1. The van der Waals surface area contributed by atoms with Crippen molar-refractivity contribution in [1.82, 2.24) is 0 Å². The Balaban J connectivity index is 4.49. The lowest BCUT2D eigenvalue weighted by atomic mass is 9.97. The van der Waals surface area contributed by atoms with Crippen LogP contribution in [0.5, 0.6) is 0 Å². The van der Waals surface area contributed by atoms with Gasteiger partial charge in [0, 0.05) is 22.9 Å². The summed E-state index contributed by atoms with van der Waals surface area (Å²) in [4.78, 5) is 12.2. The van der Waals surface area contributed by atoms with Crippen molar-refractivity contribution in [2.24, 2.45) is 5.92 Å². The molecule has 0 aromatic heterocycles. The number of rotatable bonds is 14. The first-order chi connectivity index (χ1) is 12.8. The number of allylic oxidation sites excluding steroid dienone is 10. The topological polar surface area (TPSA) is 17.1 Å². The van der Waals surface area contributed by atoms with Gasteiger partial charge in [-0.1, -0.05) is 94.7 Å². The van der Waals surface area contributed by atoms with Crippen LogP contribution in [0.15, 0.2) is 71.4 Å². The lowest BCUT2D eigenvalue weighted by molar-refractivity contribution is -0.115. The molecule has 1 nitrogen and oxygen atoms in total. The normalized spacial score (nSPS) is 14.1. The summed E-state index contributed by atoms with van der Waals surface area (Å²) in [5.74, 6) is 1.27. The van der Waals surface area contributed by atoms with Gasteiger partial charge in [-0.25, -0.2) is 0 Å². The Morgan fingerprint density at radius 2 is 1.74 bits per heavy atom. The molecular weight excluding hydrogens is 375 g/mol. The van der Waals surface area contributed by atoms with Crippen molar-refractivity contribution in [3.8, 4) is 0 Å². The smallest absolute Gasteiger partial charge is 0.162 e. The van der Waals surface area contributed by atoms with Gasteiger partial charge < -0.3 is 0 Å². The highest BCUT2D eigenvalue weighted by molar-refractivity contribution is 6.30. The molecule has 1 atom stereocenters. The van der Waals surface area contributed by atoms with Crippen molar-refractivity contribution in [2.45, 2.75) is 59.3 Å². The third-order valence-electron chi connectivity index (χ3n) is 4.36. The molecule has 0 aliphatic heterocycles. The number of halogens is 2. The molecule has 0 amide bonds.